The molecule has 0 spiro atoms. The van der Waals surface area contributed by atoms with E-state index in [-0.39, 0.29) is 5.91 Å². The minimum Gasteiger partial charge on any atom is -0.337 e. The maximum Gasteiger partial charge on any atom is 0.416 e. The largest absolute Gasteiger partial charge is 0.416 e. The van der Waals surface area contributed by atoms with E-state index in [0.717, 1.165) is 59.1 Å². The van der Waals surface area contributed by atoms with Crippen LogP contribution in [0.4, 0.5) is 13.2 Å². The van der Waals surface area contributed by atoms with E-state index in [1.165, 1.54) is 23.5 Å². The second-order valence-electron chi connectivity index (χ2n) is 7.39. The van der Waals surface area contributed by atoms with Crippen molar-refractivity contribution in [3.63, 3.8) is 0 Å². The molecular weight excluding hydrogens is 399 g/mol. The standard InChI is InChI=1S/C21H26F3N3OS/c1-3-5-18-25-15(2)19(29-18)20(28)27-11-4-10-26(12-13-27)14-16-6-8-17(9-7-16)21(22,23)24/h6-9H,3-5,10-14H2,1-2H3. The highest BCUT2D eigenvalue weighted by Crippen LogP contribution is 2.29. The Kier molecular flexibility index (Phi) is 6.95. The van der Waals surface area contributed by atoms with Gasteiger partial charge in [-0.15, -0.1) is 11.3 Å². The molecule has 2 aromatic rings. The molecule has 1 amide bonds. The molecule has 1 aromatic heterocycles. The van der Waals surface area contributed by atoms with Gasteiger partial charge < -0.3 is 4.90 Å². The molecule has 0 aliphatic carbocycles. The van der Waals surface area contributed by atoms with Gasteiger partial charge >= 0.3 is 6.18 Å². The van der Waals surface area contributed by atoms with Crippen LogP contribution in [0.15, 0.2) is 24.3 Å². The molecule has 1 fully saturated rings. The van der Waals surface area contributed by atoms with Crippen LogP contribution in [0.25, 0.3) is 0 Å². The molecule has 0 unspecified atom stereocenters. The number of rotatable bonds is 5. The van der Waals surface area contributed by atoms with Gasteiger partial charge in [-0.3, -0.25) is 9.69 Å². The zero-order valence-corrected chi connectivity index (χ0v) is 17.6. The van der Waals surface area contributed by atoms with E-state index in [1.54, 1.807) is 0 Å². The first-order valence-electron chi connectivity index (χ1n) is 9.92. The van der Waals surface area contributed by atoms with E-state index in [0.29, 0.717) is 26.2 Å². The minimum absolute atomic E-state index is 0.0405. The van der Waals surface area contributed by atoms with Crippen molar-refractivity contribution in [2.24, 2.45) is 0 Å². The number of benzene rings is 1. The Labute approximate surface area is 173 Å². The molecule has 29 heavy (non-hydrogen) atoms. The summed E-state index contributed by atoms with van der Waals surface area (Å²) in [7, 11) is 0. The number of hydrogen-bond acceptors (Lipinski definition) is 4. The molecule has 4 nitrogen and oxygen atoms in total. The zero-order valence-electron chi connectivity index (χ0n) is 16.8. The Morgan fingerprint density at radius 3 is 2.52 bits per heavy atom. The summed E-state index contributed by atoms with van der Waals surface area (Å²) < 4.78 is 38.1. The summed E-state index contributed by atoms with van der Waals surface area (Å²) in [5.74, 6) is 0.0405. The van der Waals surface area contributed by atoms with Crippen molar-refractivity contribution >= 4 is 17.2 Å². The fourth-order valence-corrected chi connectivity index (χ4v) is 4.64. The Bertz CT molecular complexity index is 833. The Hall–Kier alpha value is -1.93. The number of hydrogen-bond donors (Lipinski definition) is 0. The van der Waals surface area contributed by atoms with Crippen LogP contribution in [0.2, 0.25) is 0 Å². The van der Waals surface area contributed by atoms with E-state index < -0.39 is 11.7 Å². The average molecular weight is 426 g/mol. The molecule has 158 valence electrons. The van der Waals surface area contributed by atoms with Crippen LogP contribution >= 0.6 is 11.3 Å². The van der Waals surface area contributed by atoms with Crippen LogP contribution in [-0.2, 0) is 19.1 Å². The molecule has 2 heterocycles. The second kappa shape index (κ2) is 9.26. The van der Waals surface area contributed by atoms with Crippen molar-refractivity contribution in [3.8, 4) is 0 Å². The van der Waals surface area contributed by atoms with Crippen molar-refractivity contribution in [2.45, 2.75) is 45.8 Å². The van der Waals surface area contributed by atoms with Crippen LogP contribution in [0.3, 0.4) is 0 Å². The second-order valence-corrected chi connectivity index (χ2v) is 8.47. The van der Waals surface area contributed by atoms with Gasteiger partial charge in [0.05, 0.1) is 16.3 Å². The number of thiazole rings is 1. The fourth-order valence-electron chi connectivity index (χ4n) is 3.50. The van der Waals surface area contributed by atoms with Gasteiger partial charge in [-0.2, -0.15) is 13.2 Å². The summed E-state index contributed by atoms with van der Waals surface area (Å²) in [6.07, 6.45) is -1.58. The number of amides is 1. The Morgan fingerprint density at radius 2 is 1.86 bits per heavy atom. The molecule has 3 rings (SSSR count). The smallest absolute Gasteiger partial charge is 0.337 e. The summed E-state index contributed by atoms with van der Waals surface area (Å²) in [5, 5.41) is 1.01. The molecule has 0 radical (unpaired) electrons. The Balaban J connectivity index is 1.59. The molecule has 1 aromatic carbocycles. The number of carbonyl (C=O) groups excluding carboxylic acids is 1. The van der Waals surface area contributed by atoms with Crippen LogP contribution in [0, 0.1) is 6.92 Å². The average Bonchev–Trinajstić information content (AvgIpc) is 2.88. The summed E-state index contributed by atoms with van der Waals surface area (Å²) in [4.78, 5) is 22.3. The molecule has 0 saturated carbocycles. The molecule has 0 N–H and O–H groups in total. The van der Waals surface area contributed by atoms with Gasteiger partial charge in [0, 0.05) is 32.7 Å². The SMILES string of the molecule is CCCc1nc(C)c(C(=O)N2CCCN(Cc3ccc(C(F)(F)F)cc3)CC2)s1. The first kappa shape index (κ1) is 21.8. The third-order valence-electron chi connectivity index (χ3n) is 5.06. The Morgan fingerprint density at radius 1 is 1.14 bits per heavy atom. The van der Waals surface area contributed by atoms with Gasteiger partial charge in [0.2, 0.25) is 0 Å². The number of alkyl halides is 3. The number of aryl methyl sites for hydroxylation is 2. The van der Waals surface area contributed by atoms with Crippen LogP contribution < -0.4 is 0 Å². The predicted molar refractivity (Wildman–Crippen MR) is 108 cm³/mol. The van der Waals surface area contributed by atoms with Gasteiger partial charge in [0.1, 0.15) is 4.88 Å². The lowest BCUT2D eigenvalue weighted by Crippen LogP contribution is -2.35. The molecule has 0 atom stereocenters. The normalized spacial score (nSPS) is 16.1. The van der Waals surface area contributed by atoms with E-state index in [4.69, 9.17) is 0 Å². The van der Waals surface area contributed by atoms with Crippen molar-refractivity contribution in [2.75, 3.05) is 26.2 Å². The van der Waals surface area contributed by atoms with Crippen molar-refractivity contribution in [1.29, 1.82) is 0 Å². The molecular formula is C21H26F3N3OS. The number of nitrogens with zero attached hydrogens (tertiary/aromatic N) is 3. The topological polar surface area (TPSA) is 36.4 Å². The quantitative estimate of drug-likeness (QED) is 0.692. The van der Waals surface area contributed by atoms with E-state index in [2.05, 4.69) is 16.8 Å². The number of halogens is 3. The van der Waals surface area contributed by atoms with Gasteiger partial charge in [-0.1, -0.05) is 19.1 Å². The van der Waals surface area contributed by atoms with E-state index in [9.17, 15) is 18.0 Å². The molecule has 1 aliphatic heterocycles. The van der Waals surface area contributed by atoms with Crippen LogP contribution in [-0.4, -0.2) is 46.9 Å². The highest BCUT2D eigenvalue weighted by atomic mass is 32.1. The van der Waals surface area contributed by atoms with Crippen LogP contribution in [0.1, 0.15) is 51.3 Å². The van der Waals surface area contributed by atoms with Gasteiger partial charge in [-0.05, 0) is 43.9 Å². The van der Waals surface area contributed by atoms with E-state index >= 15 is 0 Å². The lowest BCUT2D eigenvalue weighted by Gasteiger charge is -2.22. The number of carbonyl (C=O) groups is 1. The van der Waals surface area contributed by atoms with Crippen LogP contribution in [0.5, 0.6) is 0 Å². The molecule has 1 aliphatic rings. The van der Waals surface area contributed by atoms with Crippen molar-refractivity contribution in [1.82, 2.24) is 14.8 Å². The zero-order chi connectivity index (χ0) is 21.0. The summed E-state index contributed by atoms with van der Waals surface area (Å²) in [5.41, 5.74) is 1.02. The maximum absolute atomic E-state index is 13.0. The lowest BCUT2D eigenvalue weighted by molar-refractivity contribution is -0.137. The van der Waals surface area contributed by atoms with Gasteiger partial charge in [-0.25, -0.2) is 4.98 Å². The maximum atomic E-state index is 13.0. The lowest BCUT2D eigenvalue weighted by atomic mass is 10.1. The fraction of sp³-hybridized carbons (Fsp3) is 0.524. The monoisotopic (exact) mass is 425 g/mol. The summed E-state index contributed by atoms with van der Waals surface area (Å²) >= 11 is 1.49. The summed E-state index contributed by atoms with van der Waals surface area (Å²) in [6, 6.07) is 5.33. The number of aromatic nitrogens is 1. The van der Waals surface area contributed by atoms with Crippen molar-refractivity contribution < 1.29 is 18.0 Å². The molecule has 8 heteroatoms. The molecule has 1 saturated heterocycles. The highest BCUT2D eigenvalue weighted by molar-refractivity contribution is 7.13. The highest BCUT2D eigenvalue weighted by Gasteiger charge is 2.30. The minimum atomic E-state index is -4.31. The first-order chi connectivity index (χ1) is 13.8. The summed E-state index contributed by atoms with van der Waals surface area (Å²) in [6.45, 7) is 7.37. The third kappa shape index (κ3) is 5.57. The third-order valence-corrected chi connectivity index (χ3v) is 6.27. The van der Waals surface area contributed by atoms with E-state index in [1.807, 2.05) is 11.8 Å². The molecule has 0 bridgehead atoms. The van der Waals surface area contributed by atoms with Gasteiger partial charge in [0.25, 0.3) is 5.91 Å². The first-order valence-corrected chi connectivity index (χ1v) is 10.7. The van der Waals surface area contributed by atoms with Gasteiger partial charge in [0.15, 0.2) is 0 Å². The van der Waals surface area contributed by atoms with Crippen molar-refractivity contribution in [3.05, 3.63) is 51.0 Å². The predicted octanol–water partition coefficient (Wildman–Crippen LogP) is 4.77.